The second-order valence-corrected chi connectivity index (χ2v) is 6.77. The van der Waals surface area contributed by atoms with Crippen molar-refractivity contribution in [3.05, 3.63) is 33.6 Å². The Hall–Kier alpha value is -2.22. The highest BCUT2D eigenvalue weighted by Gasteiger charge is 2.35. The molecule has 2 aliphatic rings. The van der Waals surface area contributed by atoms with Crippen LogP contribution in [-0.4, -0.2) is 44.7 Å². The number of hydrogen-bond donors (Lipinski definition) is 1. The molecule has 0 aliphatic carbocycles. The number of piperidine rings is 1. The number of nitrogens with one attached hydrogen (secondary N) is 1. The van der Waals surface area contributed by atoms with Gasteiger partial charge in [0.2, 0.25) is 5.82 Å². The lowest BCUT2D eigenvalue weighted by Gasteiger charge is -2.36. The van der Waals surface area contributed by atoms with Gasteiger partial charge in [0.15, 0.2) is 5.65 Å². The predicted molar refractivity (Wildman–Crippen MR) is 87.8 cm³/mol. The number of H-pyrrole nitrogens is 1. The maximum Gasteiger partial charge on any atom is 0.308 e. The minimum Gasteiger partial charge on any atom is -0.368 e. The molecule has 4 rings (SSSR count). The van der Waals surface area contributed by atoms with Crippen LogP contribution in [0.15, 0.2) is 10.9 Å². The summed E-state index contributed by atoms with van der Waals surface area (Å²) in [5.41, 5.74) is 0.405. The fraction of sp³-hybridized carbons (Fsp3) is 0.588. The molecule has 0 bridgehead atoms. The van der Waals surface area contributed by atoms with Crippen molar-refractivity contribution in [3.8, 4) is 0 Å². The quantitative estimate of drug-likeness (QED) is 0.896. The number of aromatic nitrogens is 3. The third-order valence-electron chi connectivity index (χ3n) is 5.10. The molecule has 0 aromatic carbocycles. The van der Waals surface area contributed by atoms with Crippen molar-refractivity contribution < 1.29 is 13.9 Å². The van der Waals surface area contributed by atoms with Gasteiger partial charge in [0, 0.05) is 19.2 Å². The van der Waals surface area contributed by atoms with Crippen molar-refractivity contribution >= 4 is 11.6 Å². The summed E-state index contributed by atoms with van der Waals surface area (Å²) < 4.78 is 20.5. The van der Waals surface area contributed by atoms with Crippen molar-refractivity contribution in [2.24, 2.45) is 0 Å². The lowest BCUT2D eigenvalue weighted by atomic mass is 9.98. The number of rotatable bonds is 2. The van der Waals surface area contributed by atoms with Crippen molar-refractivity contribution in [1.82, 2.24) is 19.5 Å². The van der Waals surface area contributed by atoms with Crippen LogP contribution in [0.2, 0.25) is 0 Å². The van der Waals surface area contributed by atoms with Crippen molar-refractivity contribution in [2.45, 2.75) is 51.2 Å². The van der Waals surface area contributed by atoms with Gasteiger partial charge in [-0.2, -0.15) is 8.91 Å². The molecule has 134 valence electrons. The van der Waals surface area contributed by atoms with Crippen LogP contribution in [0.1, 0.15) is 49.5 Å². The summed E-state index contributed by atoms with van der Waals surface area (Å²) in [5, 5.41) is 2.94. The molecular formula is C17H21FN4O3. The second kappa shape index (κ2) is 6.25. The van der Waals surface area contributed by atoms with E-state index in [0.717, 1.165) is 36.6 Å². The highest BCUT2D eigenvalue weighted by molar-refractivity contribution is 5.81. The van der Waals surface area contributed by atoms with Crippen molar-refractivity contribution in [3.63, 3.8) is 0 Å². The first-order valence-electron chi connectivity index (χ1n) is 8.76. The van der Waals surface area contributed by atoms with Gasteiger partial charge in [0.05, 0.1) is 17.4 Å². The highest BCUT2D eigenvalue weighted by Crippen LogP contribution is 2.32. The van der Waals surface area contributed by atoms with Crippen LogP contribution in [-0.2, 0) is 9.53 Å². The molecule has 8 heteroatoms. The Bertz CT molecular complexity index is 869. The third kappa shape index (κ3) is 2.74. The number of aromatic amines is 1. The topological polar surface area (TPSA) is 79.7 Å². The predicted octanol–water partition coefficient (Wildman–Crippen LogP) is 1.70. The van der Waals surface area contributed by atoms with Crippen LogP contribution in [0.4, 0.5) is 4.39 Å². The SMILES string of the molecule is Cc1nc2cc([C@H]3CCCCN3C(=O)[C@@H]3CCCO3)[nH]n2c(=O)c1F. The average molecular weight is 348 g/mol. The molecule has 2 aromatic rings. The molecular weight excluding hydrogens is 327 g/mol. The van der Waals surface area contributed by atoms with Gasteiger partial charge < -0.3 is 9.64 Å². The van der Waals surface area contributed by atoms with E-state index in [4.69, 9.17) is 4.74 Å². The van der Waals surface area contributed by atoms with E-state index < -0.39 is 11.4 Å². The number of nitrogens with zero attached hydrogens (tertiary/aromatic N) is 3. The van der Waals surface area contributed by atoms with Crippen LogP contribution in [0.3, 0.4) is 0 Å². The average Bonchev–Trinajstić information content (AvgIpc) is 3.29. The van der Waals surface area contributed by atoms with E-state index in [-0.39, 0.29) is 23.7 Å². The minimum atomic E-state index is -0.859. The highest BCUT2D eigenvalue weighted by atomic mass is 19.1. The Morgan fingerprint density at radius 1 is 1.36 bits per heavy atom. The van der Waals surface area contributed by atoms with E-state index in [2.05, 4.69) is 10.1 Å². The number of amides is 1. The fourth-order valence-electron chi connectivity index (χ4n) is 3.78. The number of aryl methyl sites for hydroxylation is 1. The minimum absolute atomic E-state index is 0.00326. The largest absolute Gasteiger partial charge is 0.368 e. The number of ether oxygens (including phenoxy) is 1. The summed E-state index contributed by atoms with van der Waals surface area (Å²) in [6, 6.07) is 1.56. The van der Waals surface area contributed by atoms with Gasteiger partial charge in [-0.15, -0.1) is 0 Å². The third-order valence-corrected chi connectivity index (χ3v) is 5.10. The van der Waals surface area contributed by atoms with Crippen LogP contribution >= 0.6 is 0 Å². The van der Waals surface area contributed by atoms with Crippen LogP contribution in [0, 0.1) is 12.7 Å². The first-order chi connectivity index (χ1) is 12.1. The summed E-state index contributed by atoms with van der Waals surface area (Å²) in [7, 11) is 0. The number of halogens is 1. The molecule has 0 spiro atoms. The molecule has 1 N–H and O–H groups in total. The Morgan fingerprint density at radius 3 is 2.96 bits per heavy atom. The standard InChI is InChI=1S/C17H21FN4O3/c1-10-15(18)17(24)22-14(19-10)9-11(20-22)12-5-2-3-7-21(12)16(23)13-6-4-8-25-13/h9,12-13,20H,2-8H2,1H3/t12-,13+/m1/s1. The first kappa shape index (κ1) is 16.3. The van der Waals surface area contributed by atoms with E-state index in [0.29, 0.717) is 24.5 Å². The van der Waals surface area contributed by atoms with E-state index in [1.165, 1.54) is 6.92 Å². The smallest absolute Gasteiger partial charge is 0.308 e. The zero-order valence-electron chi connectivity index (χ0n) is 14.1. The zero-order valence-corrected chi connectivity index (χ0v) is 14.1. The van der Waals surface area contributed by atoms with E-state index in [1.54, 1.807) is 6.07 Å². The lowest BCUT2D eigenvalue weighted by molar-refractivity contribution is -0.145. The van der Waals surface area contributed by atoms with Gasteiger partial charge in [0.1, 0.15) is 6.10 Å². The van der Waals surface area contributed by atoms with Gasteiger partial charge >= 0.3 is 5.56 Å². The molecule has 0 radical (unpaired) electrons. The maximum absolute atomic E-state index is 13.8. The molecule has 1 amide bonds. The summed E-state index contributed by atoms with van der Waals surface area (Å²) >= 11 is 0. The first-order valence-corrected chi connectivity index (χ1v) is 8.76. The number of hydrogen-bond acceptors (Lipinski definition) is 4. The molecule has 2 fully saturated rings. The summed E-state index contributed by atoms with van der Waals surface area (Å²) in [6.45, 7) is 2.75. The summed E-state index contributed by atoms with van der Waals surface area (Å²) in [4.78, 5) is 30.9. The molecule has 2 aliphatic heterocycles. The fourth-order valence-corrected chi connectivity index (χ4v) is 3.78. The number of carbonyl (C=O) groups is 1. The normalized spacial score (nSPS) is 24.2. The van der Waals surface area contributed by atoms with Crippen molar-refractivity contribution in [1.29, 1.82) is 0 Å². The summed E-state index contributed by atoms with van der Waals surface area (Å²) in [6.07, 6.45) is 4.01. The van der Waals surface area contributed by atoms with E-state index in [9.17, 15) is 14.0 Å². The number of carbonyl (C=O) groups excluding carboxylic acids is 1. The number of likely N-dealkylation sites (tertiary alicyclic amines) is 1. The van der Waals surface area contributed by atoms with Crippen LogP contribution in [0.25, 0.3) is 5.65 Å². The van der Waals surface area contributed by atoms with Gasteiger partial charge in [-0.25, -0.2) is 4.98 Å². The van der Waals surface area contributed by atoms with Gasteiger partial charge in [-0.3, -0.25) is 14.7 Å². The van der Waals surface area contributed by atoms with Gasteiger partial charge in [-0.1, -0.05) is 0 Å². The second-order valence-electron chi connectivity index (χ2n) is 6.77. The van der Waals surface area contributed by atoms with E-state index >= 15 is 0 Å². The lowest BCUT2D eigenvalue weighted by Crippen LogP contribution is -2.44. The Kier molecular flexibility index (Phi) is 4.07. The number of fused-ring (bicyclic) bond motifs is 1. The van der Waals surface area contributed by atoms with Crippen molar-refractivity contribution in [2.75, 3.05) is 13.2 Å². The zero-order chi connectivity index (χ0) is 17.6. The molecule has 4 heterocycles. The van der Waals surface area contributed by atoms with Gasteiger partial charge in [-0.05, 0) is 39.0 Å². The van der Waals surface area contributed by atoms with Crippen LogP contribution in [0.5, 0.6) is 0 Å². The molecule has 25 heavy (non-hydrogen) atoms. The Labute approximate surface area is 143 Å². The molecule has 0 saturated carbocycles. The van der Waals surface area contributed by atoms with Crippen LogP contribution < -0.4 is 5.56 Å². The monoisotopic (exact) mass is 348 g/mol. The molecule has 0 unspecified atom stereocenters. The Morgan fingerprint density at radius 2 is 2.20 bits per heavy atom. The molecule has 2 atom stereocenters. The Balaban J connectivity index is 1.71. The summed E-state index contributed by atoms with van der Waals surface area (Å²) in [5.74, 6) is -0.856. The molecule has 2 saturated heterocycles. The van der Waals surface area contributed by atoms with E-state index in [1.807, 2.05) is 4.90 Å². The molecule has 7 nitrogen and oxygen atoms in total. The maximum atomic E-state index is 13.8. The van der Waals surface area contributed by atoms with Gasteiger partial charge in [0.25, 0.3) is 5.91 Å². The molecule has 2 aromatic heterocycles.